The molecule has 5 atom stereocenters. The van der Waals surface area contributed by atoms with E-state index in [-0.39, 0.29) is 75.3 Å². The van der Waals surface area contributed by atoms with E-state index in [4.69, 9.17) is 51.1 Å². The van der Waals surface area contributed by atoms with Gasteiger partial charge in [0, 0.05) is 44.8 Å². The number of aliphatic hydroxyl groups is 10. The van der Waals surface area contributed by atoms with E-state index >= 15 is 0 Å². The van der Waals surface area contributed by atoms with Crippen molar-refractivity contribution in [3.05, 3.63) is 0 Å². The van der Waals surface area contributed by atoms with E-state index < -0.39 is 28.0 Å². The van der Waals surface area contributed by atoms with Gasteiger partial charge in [0.05, 0.1) is 58.5 Å². The molecule has 0 aromatic rings. The van der Waals surface area contributed by atoms with Crippen LogP contribution in [0.1, 0.15) is 205 Å². The molecule has 0 aromatic carbocycles. The second-order valence-corrected chi connectivity index (χ2v) is 17.1. The van der Waals surface area contributed by atoms with E-state index in [9.17, 15) is 0 Å². The first kappa shape index (κ1) is 85.3. The Labute approximate surface area is 357 Å². The molecule has 10 nitrogen and oxygen atoms in total. The Hall–Kier alpha value is 1.08. The zero-order chi connectivity index (χ0) is 43.9. The van der Waals surface area contributed by atoms with Gasteiger partial charge in [0.25, 0.3) is 0 Å². The van der Waals surface area contributed by atoms with Gasteiger partial charge in [-0.2, -0.15) is 0 Å². The summed E-state index contributed by atoms with van der Waals surface area (Å²) in [5.74, 6) is 0. The third-order valence-electron chi connectivity index (χ3n) is 2.95. The van der Waals surface area contributed by atoms with Crippen LogP contribution in [-0.2, 0) is 44.8 Å². The summed E-state index contributed by atoms with van der Waals surface area (Å²) in [7, 11) is 0. The smallest absolute Gasteiger partial charge is 0.0563 e. The van der Waals surface area contributed by atoms with Gasteiger partial charge < -0.3 is 51.1 Å². The van der Waals surface area contributed by atoms with E-state index in [0.29, 0.717) is 0 Å². The number of hydrogen-bond donors (Lipinski definition) is 10. The zero-order valence-electron chi connectivity index (χ0n) is 39.3. The van der Waals surface area contributed by atoms with Crippen LogP contribution < -0.4 is 0 Å². The SMILES string of the molecule is CC(C)(C)O.CC(C)(C)O.CC(C)(C)O.CC(C)(C)O.CC(C)(C)O.CCC(C)O.CCC(C)O.CCC(C)O.CCC(C)O.CCC(C)O.[Ta].[Ta]. The quantitative estimate of drug-likeness (QED) is 0.130. The van der Waals surface area contributed by atoms with Crippen molar-refractivity contribution in [2.75, 3.05) is 0 Å². The molecule has 2 radical (unpaired) electrons. The Morgan fingerprint density at radius 1 is 0.269 bits per heavy atom. The summed E-state index contributed by atoms with van der Waals surface area (Å²) < 4.78 is 0. The van der Waals surface area contributed by atoms with Gasteiger partial charge >= 0.3 is 0 Å². The molecule has 0 saturated heterocycles. The first-order valence-corrected chi connectivity index (χ1v) is 18.4. The van der Waals surface area contributed by atoms with Crippen LogP contribution in [0.25, 0.3) is 0 Å². The number of hydrogen-bond acceptors (Lipinski definition) is 10. The zero-order valence-corrected chi connectivity index (χ0v) is 45.7. The Kier molecular flexibility index (Phi) is 85.4. The van der Waals surface area contributed by atoms with Crippen molar-refractivity contribution in [2.45, 2.75) is 264 Å². The first-order valence-electron chi connectivity index (χ1n) is 18.4. The fraction of sp³-hybridized carbons (Fsp3) is 1.00. The predicted molar refractivity (Wildman–Crippen MR) is 220 cm³/mol. The van der Waals surface area contributed by atoms with Crippen molar-refractivity contribution in [3.63, 3.8) is 0 Å². The van der Waals surface area contributed by atoms with E-state index in [2.05, 4.69) is 0 Å². The van der Waals surface area contributed by atoms with Gasteiger partial charge in [-0.25, -0.2) is 0 Å². The van der Waals surface area contributed by atoms with E-state index in [1.807, 2.05) is 34.6 Å². The molecule has 0 aromatic heterocycles. The molecule has 52 heavy (non-hydrogen) atoms. The fourth-order valence-electron chi connectivity index (χ4n) is 0. The first-order chi connectivity index (χ1) is 21.4. The molecule has 0 amide bonds. The summed E-state index contributed by atoms with van der Waals surface area (Å²) in [6.45, 7) is 44.8. The summed E-state index contributed by atoms with van der Waals surface area (Å²) in [6, 6.07) is 0. The van der Waals surface area contributed by atoms with Crippen molar-refractivity contribution >= 4 is 0 Å². The molecule has 5 unspecified atom stereocenters. The molecular formula is C40H100O10Ta2. The average molecular weight is 1100 g/mol. The van der Waals surface area contributed by atoms with E-state index in [1.165, 1.54) is 0 Å². The fourth-order valence-corrected chi connectivity index (χ4v) is 0. The Morgan fingerprint density at radius 2 is 0.288 bits per heavy atom. The molecule has 0 fully saturated rings. The van der Waals surface area contributed by atoms with E-state index in [0.717, 1.165) is 32.1 Å². The predicted octanol–water partition coefficient (Wildman–Crippen LogP) is 7.77. The third-order valence-corrected chi connectivity index (χ3v) is 2.95. The van der Waals surface area contributed by atoms with Crippen LogP contribution in [0.5, 0.6) is 0 Å². The second-order valence-electron chi connectivity index (χ2n) is 17.1. The van der Waals surface area contributed by atoms with Gasteiger partial charge in [0.2, 0.25) is 0 Å². The summed E-state index contributed by atoms with van der Waals surface area (Å²) in [6.07, 6.45) is 3.73. The van der Waals surface area contributed by atoms with Crippen LogP contribution in [0.2, 0.25) is 0 Å². The summed E-state index contributed by atoms with van der Waals surface area (Å²) in [4.78, 5) is 0. The molecule has 0 rings (SSSR count). The van der Waals surface area contributed by atoms with Crippen LogP contribution in [0.3, 0.4) is 0 Å². The maximum atomic E-state index is 8.52. The van der Waals surface area contributed by atoms with Crippen LogP contribution in [0, 0.1) is 0 Å². The molecule has 10 N–H and O–H groups in total. The minimum absolute atomic E-state index is 0. The molecule has 0 saturated carbocycles. The molecule has 0 heterocycles. The van der Waals surface area contributed by atoms with Crippen molar-refractivity contribution in [3.8, 4) is 0 Å². The molecule has 0 bridgehead atoms. The molecule has 0 aliphatic carbocycles. The van der Waals surface area contributed by atoms with Gasteiger partial charge in [-0.15, -0.1) is 0 Å². The van der Waals surface area contributed by atoms with Crippen molar-refractivity contribution in [1.29, 1.82) is 0 Å². The molecular weight excluding hydrogens is 1000 g/mol. The number of aliphatic hydroxyl groups excluding tert-OH is 5. The van der Waals surface area contributed by atoms with Gasteiger partial charge in [-0.05, 0) is 171 Å². The normalized spacial score (nSPS) is 13.0. The van der Waals surface area contributed by atoms with Crippen LogP contribution >= 0.6 is 0 Å². The molecule has 0 spiro atoms. The molecule has 330 valence electrons. The monoisotopic (exact) mass is 1100 g/mol. The van der Waals surface area contributed by atoms with Crippen molar-refractivity contribution < 1.29 is 95.8 Å². The van der Waals surface area contributed by atoms with Crippen LogP contribution in [0.15, 0.2) is 0 Å². The van der Waals surface area contributed by atoms with Gasteiger partial charge in [-0.3, -0.25) is 0 Å². The summed E-state index contributed by atoms with van der Waals surface area (Å²) >= 11 is 0. The second kappa shape index (κ2) is 52.1. The number of rotatable bonds is 5. The van der Waals surface area contributed by atoms with Crippen molar-refractivity contribution in [2.24, 2.45) is 0 Å². The average Bonchev–Trinajstić information content (AvgIpc) is 2.80. The standard InChI is InChI=1S/10C4H10O.2Ta/c5*1-4(2,3)5;5*1-3-4(2)5;;/h5*5H,1-3H3;5*4-5H,3H2,1-2H3;;. The van der Waals surface area contributed by atoms with Crippen LogP contribution in [-0.4, -0.2) is 110 Å². The maximum Gasteiger partial charge on any atom is 0.0563 e. The van der Waals surface area contributed by atoms with Crippen molar-refractivity contribution in [1.82, 2.24) is 0 Å². The third kappa shape index (κ3) is 1040. The van der Waals surface area contributed by atoms with Gasteiger partial charge in [0.1, 0.15) is 0 Å². The summed E-state index contributed by atoms with van der Waals surface area (Å²) in [5, 5.41) is 84.4. The minimum atomic E-state index is -0.500. The molecule has 0 aliphatic heterocycles. The topological polar surface area (TPSA) is 202 Å². The largest absolute Gasteiger partial charge is 0.393 e. The maximum absolute atomic E-state index is 8.52. The Bertz CT molecular complexity index is 409. The summed E-state index contributed by atoms with van der Waals surface area (Å²) in [5.41, 5.74) is -2.50. The Morgan fingerprint density at radius 3 is 0.288 bits per heavy atom. The van der Waals surface area contributed by atoms with Gasteiger partial charge in [-0.1, -0.05) is 34.6 Å². The van der Waals surface area contributed by atoms with Gasteiger partial charge in [0.15, 0.2) is 0 Å². The Balaban J connectivity index is -0.0000000340. The van der Waals surface area contributed by atoms with Crippen LogP contribution in [0.4, 0.5) is 0 Å². The molecule has 0 aliphatic rings. The van der Waals surface area contributed by atoms with E-state index in [1.54, 1.807) is 138 Å². The molecule has 12 heteroatoms. The minimum Gasteiger partial charge on any atom is -0.393 e.